The Morgan fingerprint density at radius 3 is 2.52 bits per heavy atom. The molecule has 2 aliphatic rings. The number of nitrogens with one attached hydrogen (secondary N) is 1. The normalized spacial score (nSPS) is 17.3. The third kappa shape index (κ3) is 4.63. The van der Waals surface area contributed by atoms with Crippen molar-refractivity contribution in [3.63, 3.8) is 0 Å². The van der Waals surface area contributed by atoms with Crippen LogP contribution >= 0.6 is 11.3 Å². The molecule has 166 valence electrons. The average Bonchev–Trinajstić information content (AvgIpc) is 3.42. The second-order valence-corrected chi connectivity index (χ2v) is 8.45. The zero-order valence-electron chi connectivity index (χ0n) is 16.5. The Bertz CT molecular complexity index is 943. The van der Waals surface area contributed by atoms with Crippen LogP contribution in [0, 0.1) is 0 Å². The first-order valence-corrected chi connectivity index (χ1v) is 10.9. The summed E-state index contributed by atoms with van der Waals surface area (Å²) in [5.41, 5.74) is -0.0937. The molecule has 1 aliphatic heterocycles. The Labute approximate surface area is 180 Å². The molecule has 1 atom stereocenters. The number of hydrogen-bond donors (Lipinski definition) is 1. The molecule has 10 heteroatoms. The average molecular weight is 454 g/mol. The van der Waals surface area contributed by atoms with Gasteiger partial charge < -0.3 is 14.8 Å². The summed E-state index contributed by atoms with van der Waals surface area (Å²) in [6.07, 6.45) is -0.683. The van der Waals surface area contributed by atoms with Crippen molar-refractivity contribution in [1.29, 1.82) is 0 Å². The Morgan fingerprint density at radius 2 is 1.84 bits per heavy atom. The monoisotopic (exact) mass is 454 g/mol. The number of halogens is 3. The highest BCUT2D eigenvalue weighted by Gasteiger charge is 2.48. The number of hydrogen-bond acceptors (Lipinski definition) is 5. The minimum absolute atomic E-state index is 0.0669. The van der Waals surface area contributed by atoms with E-state index in [-0.39, 0.29) is 24.3 Å². The molecule has 0 bridgehead atoms. The van der Waals surface area contributed by atoms with Gasteiger partial charge >= 0.3 is 12.1 Å². The number of benzene rings is 1. The fraction of sp³-hybridized carbons (Fsp3) is 0.429. The largest absolute Gasteiger partial charge is 0.471 e. The van der Waals surface area contributed by atoms with Crippen molar-refractivity contribution in [3.8, 4) is 11.5 Å². The van der Waals surface area contributed by atoms with Gasteiger partial charge in [0.15, 0.2) is 17.5 Å². The van der Waals surface area contributed by atoms with E-state index in [4.69, 9.17) is 9.47 Å². The van der Waals surface area contributed by atoms with E-state index in [0.717, 1.165) is 43.4 Å². The Morgan fingerprint density at radius 1 is 1.10 bits per heavy atom. The van der Waals surface area contributed by atoms with Crippen LogP contribution in [0.15, 0.2) is 35.7 Å². The van der Waals surface area contributed by atoms with Crippen LogP contribution in [0.5, 0.6) is 11.5 Å². The maximum absolute atomic E-state index is 13.6. The number of nitrogens with zero attached hydrogens (tertiary/aromatic N) is 1. The number of amides is 2. The van der Waals surface area contributed by atoms with Gasteiger partial charge in [-0.3, -0.25) is 14.5 Å². The summed E-state index contributed by atoms with van der Waals surface area (Å²) in [4.78, 5) is 26.7. The number of alkyl halides is 3. The van der Waals surface area contributed by atoms with Crippen LogP contribution in [-0.4, -0.2) is 30.8 Å². The molecule has 1 aliphatic carbocycles. The Kier molecular flexibility index (Phi) is 6.08. The molecular formula is C21H21F3N2O4S. The maximum atomic E-state index is 13.6. The van der Waals surface area contributed by atoms with E-state index in [1.807, 2.05) is 0 Å². The van der Waals surface area contributed by atoms with E-state index in [2.05, 4.69) is 5.32 Å². The highest BCUT2D eigenvalue weighted by molar-refractivity contribution is 7.10. The molecule has 1 N–H and O–H groups in total. The lowest BCUT2D eigenvalue weighted by Crippen LogP contribution is -2.50. The summed E-state index contributed by atoms with van der Waals surface area (Å²) in [5.74, 6) is -2.18. The molecule has 2 heterocycles. The lowest BCUT2D eigenvalue weighted by molar-refractivity contribution is -0.171. The number of carbonyl (C=O) groups is 2. The molecule has 1 saturated carbocycles. The van der Waals surface area contributed by atoms with Gasteiger partial charge in [0.25, 0.3) is 0 Å². The Hall–Kier alpha value is -2.75. The molecule has 0 unspecified atom stereocenters. The first-order valence-electron chi connectivity index (χ1n) is 9.98. The number of ether oxygens (including phenoxy) is 2. The third-order valence-corrected chi connectivity index (χ3v) is 6.29. The van der Waals surface area contributed by atoms with Crippen molar-refractivity contribution in [2.45, 2.75) is 50.4 Å². The number of rotatable bonds is 5. The van der Waals surface area contributed by atoms with Crippen molar-refractivity contribution in [3.05, 3.63) is 40.6 Å². The van der Waals surface area contributed by atoms with E-state index in [9.17, 15) is 22.8 Å². The molecule has 6 nitrogen and oxygen atoms in total. The maximum Gasteiger partial charge on any atom is 0.471 e. The van der Waals surface area contributed by atoms with Gasteiger partial charge in [0.05, 0.1) is 0 Å². The number of carbonyl (C=O) groups excluding carboxylic acids is 2. The molecule has 2 amide bonds. The highest BCUT2D eigenvalue weighted by Crippen LogP contribution is 2.40. The number of thiophene rings is 1. The van der Waals surface area contributed by atoms with E-state index in [1.165, 1.54) is 18.2 Å². The minimum atomic E-state index is -5.17. The van der Waals surface area contributed by atoms with Crippen LogP contribution in [0.2, 0.25) is 0 Å². The summed E-state index contributed by atoms with van der Waals surface area (Å²) >= 11 is 1.12. The van der Waals surface area contributed by atoms with Crippen LogP contribution < -0.4 is 19.7 Å². The molecule has 2 aromatic rings. The van der Waals surface area contributed by atoms with Crippen LogP contribution in [0.25, 0.3) is 0 Å². The quantitative estimate of drug-likeness (QED) is 0.719. The van der Waals surface area contributed by atoms with Crippen molar-refractivity contribution in [2.75, 3.05) is 11.7 Å². The summed E-state index contributed by atoms with van der Waals surface area (Å²) in [6.45, 7) is -0.0669. The summed E-state index contributed by atoms with van der Waals surface area (Å²) < 4.78 is 51.3. The fourth-order valence-corrected chi connectivity index (χ4v) is 4.72. The van der Waals surface area contributed by atoms with Crippen LogP contribution in [0.1, 0.15) is 43.0 Å². The van der Waals surface area contributed by atoms with Gasteiger partial charge in [-0.2, -0.15) is 13.2 Å². The molecule has 1 aromatic heterocycles. The zero-order valence-corrected chi connectivity index (χ0v) is 17.3. The highest BCUT2D eigenvalue weighted by atomic mass is 32.1. The van der Waals surface area contributed by atoms with E-state index < -0.39 is 24.0 Å². The molecule has 4 rings (SSSR count). The van der Waals surface area contributed by atoms with Crippen LogP contribution in [0.3, 0.4) is 0 Å². The molecule has 0 saturated heterocycles. The zero-order chi connectivity index (χ0) is 22.0. The van der Waals surface area contributed by atoms with Gasteiger partial charge in [-0.1, -0.05) is 25.3 Å². The Balaban J connectivity index is 1.74. The lowest BCUT2D eigenvalue weighted by Gasteiger charge is -2.33. The van der Waals surface area contributed by atoms with Crippen LogP contribution in [0.4, 0.5) is 18.9 Å². The minimum Gasteiger partial charge on any atom is -0.454 e. The molecular weight excluding hydrogens is 433 g/mol. The van der Waals surface area contributed by atoms with Gasteiger partial charge in [0.1, 0.15) is 0 Å². The molecule has 1 fully saturated rings. The van der Waals surface area contributed by atoms with E-state index >= 15 is 0 Å². The summed E-state index contributed by atoms with van der Waals surface area (Å²) in [7, 11) is 0. The van der Waals surface area contributed by atoms with Crippen LogP contribution in [-0.2, 0) is 9.59 Å². The molecule has 0 radical (unpaired) electrons. The van der Waals surface area contributed by atoms with Gasteiger partial charge in [0, 0.05) is 22.7 Å². The second-order valence-electron chi connectivity index (χ2n) is 7.47. The van der Waals surface area contributed by atoms with Gasteiger partial charge in [-0.25, -0.2) is 0 Å². The van der Waals surface area contributed by atoms with E-state index in [1.54, 1.807) is 17.5 Å². The van der Waals surface area contributed by atoms with Crippen molar-refractivity contribution in [2.24, 2.45) is 0 Å². The first-order chi connectivity index (χ1) is 14.8. The number of fused-ring (bicyclic) bond motifs is 1. The molecule has 0 spiro atoms. The van der Waals surface area contributed by atoms with Crippen molar-refractivity contribution < 1.29 is 32.2 Å². The number of anilines is 1. The van der Waals surface area contributed by atoms with Gasteiger partial charge in [0.2, 0.25) is 12.7 Å². The second kappa shape index (κ2) is 8.78. The third-order valence-electron chi connectivity index (χ3n) is 5.37. The standard InChI is InChI=1S/C21H21F3N2O4S/c22-21(23,24)20(28)26(14-8-9-15-16(11-14)30-12-29-15)18(17-7-4-10-31-17)19(27)25-13-5-2-1-3-6-13/h4,7-11,13,18H,1-3,5-6,12H2,(H,25,27)/t18-/m0/s1. The predicted molar refractivity (Wildman–Crippen MR) is 108 cm³/mol. The topological polar surface area (TPSA) is 67.9 Å². The van der Waals surface area contributed by atoms with Crippen molar-refractivity contribution in [1.82, 2.24) is 5.32 Å². The van der Waals surface area contributed by atoms with E-state index in [0.29, 0.717) is 15.5 Å². The lowest BCUT2D eigenvalue weighted by atomic mass is 9.95. The summed E-state index contributed by atoms with van der Waals surface area (Å²) in [6, 6.07) is 5.65. The molecule has 31 heavy (non-hydrogen) atoms. The molecule has 1 aromatic carbocycles. The van der Waals surface area contributed by atoms with Gasteiger partial charge in [-0.15, -0.1) is 11.3 Å². The van der Waals surface area contributed by atoms with Gasteiger partial charge in [-0.05, 0) is 36.4 Å². The fourth-order valence-electron chi connectivity index (χ4n) is 3.90. The summed E-state index contributed by atoms with van der Waals surface area (Å²) in [5, 5.41) is 4.53. The predicted octanol–water partition coefficient (Wildman–Crippen LogP) is 4.56. The van der Waals surface area contributed by atoms with Crippen molar-refractivity contribution >= 4 is 28.8 Å². The SMILES string of the molecule is O=C(NC1CCCCC1)[C@H](c1cccs1)N(C(=O)C(F)(F)F)c1ccc2c(c1)OCO2. The first kappa shape index (κ1) is 21.5. The smallest absolute Gasteiger partial charge is 0.454 e.